The second-order valence-corrected chi connectivity index (χ2v) is 8.10. The third-order valence-electron chi connectivity index (χ3n) is 4.06. The summed E-state index contributed by atoms with van der Waals surface area (Å²) < 4.78 is 27.8. The SMILES string of the molecule is COC(=O)c1ccccc1NC(=O)/C(C#N)=C\N(C)C1CCS(=O)(=O)C1. The topological polar surface area (TPSA) is 117 Å². The van der Waals surface area contributed by atoms with E-state index in [4.69, 9.17) is 0 Å². The summed E-state index contributed by atoms with van der Waals surface area (Å²) in [5.41, 5.74) is 0.184. The highest BCUT2D eigenvalue weighted by atomic mass is 32.2. The number of hydrogen-bond donors (Lipinski definition) is 1. The second kappa shape index (κ2) is 8.01. The summed E-state index contributed by atoms with van der Waals surface area (Å²) in [4.78, 5) is 25.7. The lowest BCUT2D eigenvalue weighted by molar-refractivity contribution is -0.112. The Labute approximate surface area is 152 Å². The number of nitrogens with one attached hydrogen (secondary N) is 1. The number of para-hydroxylation sites is 1. The molecule has 1 atom stereocenters. The zero-order chi connectivity index (χ0) is 19.3. The number of amides is 1. The van der Waals surface area contributed by atoms with Crippen LogP contribution in [0, 0.1) is 11.3 Å². The largest absolute Gasteiger partial charge is 0.465 e. The molecule has 1 saturated heterocycles. The average molecular weight is 377 g/mol. The van der Waals surface area contributed by atoms with Gasteiger partial charge in [0.15, 0.2) is 9.84 Å². The van der Waals surface area contributed by atoms with Crippen molar-refractivity contribution in [1.82, 2.24) is 4.90 Å². The van der Waals surface area contributed by atoms with Gasteiger partial charge >= 0.3 is 5.97 Å². The number of sulfone groups is 1. The highest BCUT2D eigenvalue weighted by Crippen LogP contribution is 2.19. The van der Waals surface area contributed by atoms with Gasteiger partial charge in [0.1, 0.15) is 11.6 Å². The van der Waals surface area contributed by atoms with Crippen molar-refractivity contribution in [3.05, 3.63) is 41.6 Å². The maximum Gasteiger partial charge on any atom is 0.339 e. The minimum atomic E-state index is -3.08. The standard InChI is InChI=1S/C17H19N3O5S/c1-20(13-7-8-26(23,24)11-13)10-12(9-18)16(21)19-15-6-4-3-5-14(15)17(22)25-2/h3-6,10,13H,7-8,11H2,1-2H3,(H,19,21)/b12-10-. The van der Waals surface area contributed by atoms with E-state index < -0.39 is 21.7 Å². The van der Waals surface area contributed by atoms with Crippen molar-refractivity contribution < 1.29 is 22.7 Å². The van der Waals surface area contributed by atoms with Gasteiger partial charge in [-0.05, 0) is 18.6 Å². The quantitative estimate of drug-likeness (QED) is 0.461. The fourth-order valence-electron chi connectivity index (χ4n) is 2.61. The van der Waals surface area contributed by atoms with Crippen LogP contribution in [0.4, 0.5) is 5.69 Å². The summed E-state index contributed by atoms with van der Waals surface area (Å²) in [5, 5.41) is 11.8. The van der Waals surface area contributed by atoms with E-state index in [1.54, 1.807) is 30.1 Å². The Bertz CT molecular complexity index is 886. The van der Waals surface area contributed by atoms with Crippen LogP contribution in [0.2, 0.25) is 0 Å². The zero-order valence-corrected chi connectivity index (χ0v) is 15.2. The van der Waals surface area contributed by atoms with Crippen LogP contribution < -0.4 is 5.32 Å². The van der Waals surface area contributed by atoms with Gasteiger partial charge in [-0.3, -0.25) is 4.79 Å². The Hall–Kier alpha value is -2.86. The van der Waals surface area contributed by atoms with E-state index in [2.05, 4.69) is 10.1 Å². The van der Waals surface area contributed by atoms with Gasteiger partial charge in [0, 0.05) is 19.3 Å². The number of carbonyl (C=O) groups is 2. The number of nitriles is 1. The first-order valence-electron chi connectivity index (χ1n) is 7.80. The van der Waals surface area contributed by atoms with Crippen molar-refractivity contribution in [3.8, 4) is 6.07 Å². The summed E-state index contributed by atoms with van der Waals surface area (Å²) in [5.74, 6) is -1.23. The van der Waals surface area contributed by atoms with Gasteiger partial charge in [-0.15, -0.1) is 0 Å². The second-order valence-electron chi connectivity index (χ2n) is 5.87. The molecule has 1 aliphatic heterocycles. The number of esters is 1. The minimum Gasteiger partial charge on any atom is -0.465 e. The maximum atomic E-state index is 12.4. The van der Waals surface area contributed by atoms with E-state index in [0.29, 0.717) is 6.42 Å². The van der Waals surface area contributed by atoms with Gasteiger partial charge in [-0.1, -0.05) is 12.1 Å². The van der Waals surface area contributed by atoms with E-state index in [-0.39, 0.29) is 34.4 Å². The first kappa shape index (κ1) is 19.5. The average Bonchev–Trinajstić information content (AvgIpc) is 2.99. The lowest BCUT2D eigenvalue weighted by Crippen LogP contribution is -2.29. The number of rotatable bonds is 5. The molecule has 1 unspecified atom stereocenters. The summed E-state index contributed by atoms with van der Waals surface area (Å²) in [6.07, 6.45) is 1.77. The predicted molar refractivity (Wildman–Crippen MR) is 94.9 cm³/mol. The number of nitrogens with zero attached hydrogens (tertiary/aromatic N) is 2. The van der Waals surface area contributed by atoms with Crippen LogP contribution >= 0.6 is 0 Å². The predicted octanol–water partition coefficient (Wildman–Crippen LogP) is 0.938. The third kappa shape index (κ3) is 4.61. The van der Waals surface area contributed by atoms with Crippen LogP contribution in [0.5, 0.6) is 0 Å². The molecule has 0 radical (unpaired) electrons. The smallest absolute Gasteiger partial charge is 0.339 e. The maximum absolute atomic E-state index is 12.4. The molecule has 8 nitrogen and oxygen atoms in total. The van der Waals surface area contributed by atoms with Crippen LogP contribution in [0.15, 0.2) is 36.0 Å². The molecule has 1 fully saturated rings. The van der Waals surface area contributed by atoms with Gasteiger partial charge in [-0.2, -0.15) is 5.26 Å². The summed E-state index contributed by atoms with van der Waals surface area (Å²) in [7, 11) is -0.224. The highest BCUT2D eigenvalue weighted by molar-refractivity contribution is 7.91. The van der Waals surface area contributed by atoms with E-state index in [1.807, 2.05) is 0 Å². The summed E-state index contributed by atoms with van der Waals surface area (Å²) in [6.45, 7) is 0. The number of hydrogen-bond acceptors (Lipinski definition) is 7. The molecule has 1 aromatic carbocycles. The lowest BCUT2D eigenvalue weighted by atomic mass is 10.1. The van der Waals surface area contributed by atoms with Crippen LogP contribution in [0.1, 0.15) is 16.8 Å². The van der Waals surface area contributed by atoms with E-state index >= 15 is 0 Å². The zero-order valence-electron chi connectivity index (χ0n) is 14.4. The van der Waals surface area contributed by atoms with Gasteiger partial charge in [0.2, 0.25) is 0 Å². The fraction of sp³-hybridized carbons (Fsp3) is 0.353. The number of methoxy groups -OCH3 is 1. The van der Waals surface area contributed by atoms with Gasteiger partial charge in [0.05, 0.1) is 29.9 Å². The van der Waals surface area contributed by atoms with Crippen LogP contribution in [0.25, 0.3) is 0 Å². The van der Waals surface area contributed by atoms with Crippen molar-refractivity contribution in [2.75, 3.05) is 31.0 Å². The Balaban J connectivity index is 2.17. The molecule has 9 heteroatoms. The Morgan fingerprint density at radius 1 is 1.38 bits per heavy atom. The van der Waals surface area contributed by atoms with E-state index in [1.165, 1.54) is 25.4 Å². The highest BCUT2D eigenvalue weighted by Gasteiger charge is 2.30. The minimum absolute atomic E-state index is 0.00843. The lowest BCUT2D eigenvalue weighted by Gasteiger charge is -2.21. The van der Waals surface area contributed by atoms with E-state index in [0.717, 1.165) is 0 Å². The Morgan fingerprint density at radius 2 is 2.08 bits per heavy atom. The normalized spacial score (nSPS) is 18.7. The van der Waals surface area contributed by atoms with Crippen LogP contribution in [-0.4, -0.2) is 56.9 Å². The monoisotopic (exact) mass is 377 g/mol. The molecule has 0 aliphatic carbocycles. The number of carbonyl (C=O) groups excluding carboxylic acids is 2. The molecule has 26 heavy (non-hydrogen) atoms. The van der Waals surface area contributed by atoms with E-state index in [9.17, 15) is 23.3 Å². The molecule has 0 bridgehead atoms. The third-order valence-corrected chi connectivity index (χ3v) is 5.81. The fourth-order valence-corrected chi connectivity index (χ4v) is 4.40. The molecular weight excluding hydrogens is 358 g/mol. The molecule has 0 aromatic heterocycles. The number of benzene rings is 1. The first-order chi connectivity index (χ1) is 12.3. The molecule has 2 rings (SSSR count). The van der Waals surface area contributed by atoms with Crippen LogP contribution in [0.3, 0.4) is 0 Å². The van der Waals surface area contributed by atoms with Crippen molar-refractivity contribution in [3.63, 3.8) is 0 Å². The van der Waals surface area contributed by atoms with Gasteiger partial charge < -0.3 is 15.0 Å². The Kier molecular flexibility index (Phi) is 6.00. The van der Waals surface area contributed by atoms with Crippen molar-refractivity contribution in [1.29, 1.82) is 5.26 Å². The molecule has 138 valence electrons. The van der Waals surface area contributed by atoms with Crippen molar-refractivity contribution in [2.45, 2.75) is 12.5 Å². The summed E-state index contributed by atoms with van der Waals surface area (Å²) in [6, 6.07) is 7.79. The van der Waals surface area contributed by atoms with Crippen molar-refractivity contribution >= 4 is 27.4 Å². The first-order valence-corrected chi connectivity index (χ1v) is 9.62. The van der Waals surface area contributed by atoms with Gasteiger partial charge in [-0.25, -0.2) is 13.2 Å². The molecule has 1 aromatic rings. The summed E-state index contributed by atoms with van der Waals surface area (Å²) >= 11 is 0. The van der Waals surface area contributed by atoms with Gasteiger partial charge in [0.25, 0.3) is 5.91 Å². The number of anilines is 1. The molecule has 1 amide bonds. The molecule has 1 N–H and O–H groups in total. The molecule has 0 spiro atoms. The molecular formula is C17H19N3O5S. The molecule has 1 heterocycles. The number of ether oxygens (including phenoxy) is 1. The molecule has 1 aliphatic rings. The van der Waals surface area contributed by atoms with Crippen LogP contribution in [-0.2, 0) is 19.4 Å². The Morgan fingerprint density at radius 3 is 2.65 bits per heavy atom. The molecule has 0 saturated carbocycles. The van der Waals surface area contributed by atoms with Crippen molar-refractivity contribution in [2.24, 2.45) is 0 Å².